The topological polar surface area (TPSA) is 94.2 Å². The third-order valence-corrected chi connectivity index (χ3v) is 6.18. The molecule has 0 amide bonds. The van der Waals surface area contributed by atoms with Gasteiger partial charge in [0.05, 0.1) is 23.1 Å². The quantitative estimate of drug-likeness (QED) is 0.488. The Bertz CT molecular complexity index is 1270. The molecular formula is C23H25ClN8. The van der Waals surface area contributed by atoms with E-state index in [0.29, 0.717) is 34.1 Å². The molecule has 3 heterocycles. The number of fused-ring (bicyclic) bond motifs is 1. The molecule has 1 fully saturated rings. The van der Waals surface area contributed by atoms with E-state index < -0.39 is 0 Å². The number of hydrogen-bond donors (Lipinski definition) is 3. The maximum atomic E-state index is 8.62. The van der Waals surface area contributed by atoms with Gasteiger partial charge in [0.25, 0.3) is 0 Å². The van der Waals surface area contributed by atoms with Crippen LogP contribution in [0, 0.1) is 12.3 Å². The lowest BCUT2D eigenvalue weighted by Gasteiger charge is -2.29. The van der Waals surface area contributed by atoms with Crippen molar-refractivity contribution in [3.8, 4) is 0 Å². The van der Waals surface area contributed by atoms with Gasteiger partial charge in [0.2, 0.25) is 5.65 Å². The molecule has 2 aliphatic rings. The van der Waals surface area contributed by atoms with E-state index in [2.05, 4.69) is 32.3 Å². The Morgan fingerprint density at radius 2 is 1.94 bits per heavy atom. The van der Waals surface area contributed by atoms with E-state index in [1.165, 1.54) is 0 Å². The first-order valence-electron chi connectivity index (χ1n) is 10.6. The summed E-state index contributed by atoms with van der Waals surface area (Å²) in [4.78, 5) is 2.08. The molecule has 1 unspecified atom stereocenters. The molecule has 3 aromatic rings. The zero-order valence-electron chi connectivity index (χ0n) is 18.3. The largest absolute Gasteiger partial charge is 0.385 e. The second-order valence-corrected chi connectivity index (χ2v) is 8.69. The molecule has 1 aliphatic carbocycles. The summed E-state index contributed by atoms with van der Waals surface area (Å²) in [5.41, 5.74) is 5.58. The first kappa shape index (κ1) is 20.5. The van der Waals surface area contributed by atoms with Gasteiger partial charge in [-0.3, -0.25) is 0 Å². The van der Waals surface area contributed by atoms with Crippen LogP contribution >= 0.6 is 11.6 Å². The first-order chi connectivity index (χ1) is 15.4. The molecule has 8 nitrogen and oxygen atoms in total. The minimum atomic E-state index is -0.259. The fraction of sp³-hybridized carbons (Fsp3) is 0.304. The van der Waals surface area contributed by atoms with Gasteiger partial charge in [0.1, 0.15) is 0 Å². The molecule has 1 aromatic carbocycles. The molecule has 0 radical (unpaired) electrons. The van der Waals surface area contributed by atoms with Crippen molar-refractivity contribution in [3.63, 3.8) is 0 Å². The van der Waals surface area contributed by atoms with Gasteiger partial charge in [0.15, 0.2) is 11.6 Å². The number of nitrogens with zero attached hydrogens (tertiary/aromatic N) is 5. The molecule has 32 heavy (non-hydrogen) atoms. The van der Waals surface area contributed by atoms with E-state index >= 15 is 0 Å². The fourth-order valence-electron chi connectivity index (χ4n) is 4.19. The van der Waals surface area contributed by atoms with Gasteiger partial charge in [-0.05, 0) is 44.4 Å². The predicted molar refractivity (Wildman–Crippen MR) is 127 cm³/mol. The number of halogens is 1. The van der Waals surface area contributed by atoms with Crippen molar-refractivity contribution in [2.24, 2.45) is 0 Å². The van der Waals surface area contributed by atoms with Crippen LogP contribution in [0.15, 0.2) is 53.9 Å². The number of anilines is 2. The van der Waals surface area contributed by atoms with Gasteiger partial charge >= 0.3 is 0 Å². The van der Waals surface area contributed by atoms with Crippen LogP contribution < -0.4 is 15.5 Å². The van der Waals surface area contributed by atoms with Crippen LogP contribution in [0.3, 0.4) is 0 Å². The minimum absolute atomic E-state index is 0.259. The number of rotatable bonds is 6. The van der Waals surface area contributed by atoms with E-state index in [1.807, 2.05) is 51.2 Å². The highest BCUT2D eigenvalue weighted by Crippen LogP contribution is 2.46. The molecule has 0 saturated heterocycles. The third kappa shape index (κ3) is 3.31. The van der Waals surface area contributed by atoms with Crippen LogP contribution in [0.4, 0.5) is 11.5 Å². The molecule has 3 N–H and O–H groups in total. The number of aryl methyl sites for hydroxylation is 1. The lowest BCUT2D eigenvalue weighted by molar-refractivity contribution is 0.781. The monoisotopic (exact) mass is 448 g/mol. The second kappa shape index (κ2) is 7.63. The van der Waals surface area contributed by atoms with Crippen LogP contribution in [0.25, 0.3) is 5.65 Å². The van der Waals surface area contributed by atoms with Crippen molar-refractivity contribution in [1.82, 2.24) is 25.1 Å². The van der Waals surface area contributed by atoms with E-state index in [-0.39, 0.29) is 6.04 Å². The van der Waals surface area contributed by atoms with E-state index in [4.69, 9.17) is 22.1 Å². The summed E-state index contributed by atoms with van der Waals surface area (Å²) in [6, 6.07) is 9.86. The summed E-state index contributed by atoms with van der Waals surface area (Å²) in [5.74, 6) is 1.39. The summed E-state index contributed by atoms with van der Waals surface area (Å²) in [6.07, 6.45) is 2.25. The Balaban J connectivity index is 1.72. The normalized spacial score (nSPS) is 18.6. The number of nitrogens with one attached hydrogen (secondary N) is 3. The zero-order valence-corrected chi connectivity index (χ0v) is 19.0. The van der Waals surface area contributed by atoms with Gasteiger partial charge in [-0.15, -0.1) is 15.3 Å². The van der Waals surface area contributed by atoms with Crippen molar-refractivity contribution in [2.75, 3.05) is 17.3 Å². The lowest BCUT2D eigenvalue weighted by atomic mass is 9.96. The van der Waals surface area contributed by atoms with E-state index in [1.54, 1.807) is 4.52 Å². The van der Waals surface area contributed by atoms with Crippen molar-refractivity contribution < 1.29 is 0 Å². The SMILES string of the molecule is C=C1C(NC2CC2)=C(C(C)=N)C(c2ccc(Cl)cc2)N1c1cc(NC)c2nnc(C)n2n1. The highest BCUT2D eigenvalue weighted by molar-refractivity contribution is 6.30. The standard InChI is InChI=1S/C23H25ClN8/c1-12(25)20-21(27-17-9-10-17)13(2)31(22(20)15-5-7-16(24)8-6-15)19-11-18(26-4)23-29-28-14(3)32(23)30-19/h5-8,11,17,22,25-27H,2,9-10H2,1,3-4H3. The molecule has 1 atom stereocenters. The Morgan fingerprint density at radius 1 is 1.22 bits per heavy atom. The minimum Gasteiger partial charge on any atom is -0.385 e. The average molecular weight is 449 g/mol. The number of aromatic nitrogens is 4. The molecule has 0 spiro atoms. The van der Waals surface area contributed by atoms with Gasteiger partial charge in [-0.25, -0.2) is 0 Å². The predicted octanol–water partition coefficient (Wildman–Crippen LogP) is 4.25. The van der Waals surface area contributed by atoms with E-state index in [9.17, 15) is 0 Å². The summed E-state index contributed by atoms with van der Waals surface area (Å²) >= 11 is 6.18. The van der Waals surface area contributed by atoms with Crippen molar-refractivity contribution in [2.45, 2.75) is 38.8 Å². The van der Waals surface area contributed by atoms with Gasteiger partial charge < -0.3 is 20.9 Å². The molecule has 2 aromatic heterocycles. The zero-order chi connectivity index (χ0) is 22.6. The third-order valence-electron chi connectivity index (χ3n) is 5.93. The lowest BCUT2D eigenvalue weighted by Crippen LogP contribution is -2.27. The van der Waals surface area contributed by atoms with E-state index in [0.717, 1.165) is 41.1 Å². The van der Waals surface area contributed by atoms with Gasteiger partial charge in [-0.1, -0.05) is 30.3 Å². The molecule has 5 rings (SSSR count). The number of hydrogen-bond acceptors (Lipinski definition) is 7. The fourth-order valence-corrected chi connectivity index (χ4v) is 4.31. The highest BCUT2D eigenvalue weighted by atomic mass is 35.5. The molecule has 164 valence electrons. The van der Waals surface area contributed by atoms with Crippen LogP contribution in [-0.4, -0.2) is 38.6 Å². The van der Waals surface area contributed by atoms with Crippen LogP contribution in [0.5, 0.6) is 0 Å². The maximum absolute atomic E-state index is 8.62. The smallest absolute Gasteiger partial charge is 0.201 e. The Hall–Kier alpha value is -3.39. The Kier molecular flexibility index (Phi) is 4.89. The second-order valence-electron chi connectivity index (χ2n) is 8.25. The van der Waals surface area contributed by atoms with Crippen molar-refractivity contribution in [1.29, 1.82) is 5.41 Å². The van der Waals surface area contributed by atoms with Gasteiger partial charge in [-0.2, -0.15) is 4.52 Å². The van der Waals surface area contributed by atoms with Crippen LogP contribution in [-0.2, 0) is 0 Å². The summed E-state index contributed by atoms with van der Waals surface area (Å²) < 4.78 is 1.73. The first-order valence-corrected chi connectivity index (χ1v) is 11.0. The summed E-state index contributed by atoms with van der Waals surface area (Å²) in [7, 11) is 1.85. The van der Waals surface area contributed by atoms with Crippen LogP contribution in [0.2, 0.25) is 5.02 Å². The molecule has 1 aliphatic heterocycles. The maximum Gasteiger partial charge on any atom is 0.201 e. The summed E-state index contributed by atoms with van der Waals surface area (Å²) in [6.45, 7) is 8.12. The van der Waals surface area contributed by atoms with Crippen LogP contribution in [0.1, 0.15) is 37.2 Å². The number of benzene rings is 1. The van der Waals surface area contributed by atoms with Gasteiger partial charge in [0, 0.05) is 35.5 Å². The van der Waals surface area contributed by atoms with Crippen molar-refractivity contribution >= 4 is 34.5 Å². The molecule has 9 heteroatoms. The average Bonchev–Trinajstić information content (AvgIpc) is 3.45. The van der Waals surface area contributed by atoms with Crippen molar-refractivity contribution in [3.05, 3.63) is 70.3 Å². The molecular weight excluding hydrogens is 424 g/mol. The summed E-state index contributed by atoms with van der Waals surface area (Å²) in [5, 5.41) is 29.4. The Labute approximate surface area is 191 Å². The molecule has 0 bridgehead atoms. The molecule has 1 saturated carbocycles. The Morgan fingerprint density at radius 3 is 2.56 bits per heavy atom. The highest BCUT2D eigenvalue weighted by Gasteiger charge is 2.41.